The Bertz CT molecular complexity index is 1020. The van der Waals surface area contributed by atoms with Gasteiger partial charge >= 0.3 is 0 Å². The molecule has 0 aromatic heterocycles. The van der Waals surface area contributed by atoms with Crippen LogP contribution in [0, 0.1) is 11.6 Å². The van der Waals surface area contributed by atoms with Crippen LogP contribution in [0.15, 0.2) is 72.8 Å². The Morgan fingerprint density at radius 2 is 1.47 bits per heavy atom. The van der Waals surface area contributed by atoms with Gasteiger partial charge in [-0.05, 0) is 59.7 Å². The summed E-state index contributed by atoms with van der Waals surface area (Å²) in [7, 11) is 0. The average Bonchev–Trinajstić information content (AvgIpc) is 2.74. The fraction of sp³-hybridized carbons (Fsp3) is 0.174. The number of aromatic hydroxyl groups is 1. The number of anilines is 1. The van der Waals surface area contributed by atoms with Crippen molar-refractivity contribution in [3.8, 4) is 5.75 Å². The summed E-state index contributed by atoms with van der Waals surface area (Å²) >= 11 is 0. The second kappa shape index (κ2) is 8.22. The molecule has 30 heavy (non-hydrogen) atoms. The zero-order valence-electron chi connectivity index (χ0n) is 16.0. The lowest BCUT2D eigenvalue weighted by molar-refractivity contribution is -0.690. The molecular weight excluding hydrogens is 390 g/mol. The number of β-lactam (4-membered cyclic amide) rings is 1. The van der Waals surface area contributed by atoms with E-state index in [1.807, 2.05) is 0 Å². The summed E-state index contributed by atoms with van der Waals surface area (Å²) < 4.78 is 26.4. The number of halogens is 2. The van der Waals surface area contributed by atoms with Crippen molar-refractivity contribution in [3.63, 3.8) is 0 Å². The molecule has 4 rings (SSSR count). The third kappa shape index (κ3) is 3.90. The number of aliphatic hydroxyl groups is 1. The normalized spacial score (nSPS) is 19.4. The summed E-state index contributed by atoms with van der Waals surface area (Å²) in [6, 6.07) is 17.0. The molecule has 1 saturated heterocycles. The molecule has 4 N–H and O–H groups in total. The predicted octanol–water partition coefficient (Wildman–Crippen LogP) is 2.42. The Morgan fingerprint density at radius 1 is 0.900 bits per heavy atom. The van der Waals surface area contributed by atoms with Gasteiger partial charge in [-0.1, -0.05) is 24.3 Å². The zero-order chi connectivity index (χ0) is 21.3. The van der Waals surface area contributed by atoms with Gasteiger partial charge < -0.3 is 15.5 Å². The van der Waals surface area contributed by atoms with Gasteiger partial charge in [0, 0.05) is 5.69 Å². The first-order chi connectivity index (χ1) is 14.4. The van der Waals surface area contributed by atoms with Gasteiger partial charge in [0.2, 0.25) is 0 Å². The standard InChI is InChI=1S/C23H20F2N2O3/c24-16-5-1-14(2-6-16)20(29)13-26-21-22(15-3-11-19(28)12-4-15)27(23(21)30)18-9-7-17(25)8-10-18/h1-12,20-22,26,28-29H,13H2/p+1/t20-,21-,22-/m1/s1. The van der Waals surface area contributed by atoms with Gasteiger partial charge in [0.25, 0.3) is 5.91 Å². The first kappa shape index (κ1) is 20.0. The van der Waals surface area contributed by atoms with Crippen LogP contribution < -0.4 is 10.2 Å². The fourth-order valence-electron chi connectivity index (χ4n) is 3.75. The predicted molar refractivity (Wildman–Crippen MR) is 107 cm³/mol. The van der Waals surface area contributed by atoms with Crippen molar-refractivity contribution >= 4 is 11.6 Å². The van der Waals surface area contributed by atoms with Crippen molar-refractivity contribution < 1.29 is 29.1 Å². The number of carbonyl (C=O) groups is 1. The van der Waals surface area contributed by atoms with Crippen molar-refractivity contribution in [1.82, 2.24) is 0 Å². The number of nitrogens with zero attached hydrogens (tertiary/aromatic N) is 1. The first-order valence-electron chi connectivity index (χ1n) is 9.58. The van der Waals surface area contributed by atoms with Crippen LogP contribution >= 0.6 is 0 Å². The average molecular weight is 411 g/mol. The second-order valence-corrected chi connectivity index (χ2v) is 7.29. The molecule has 1 heterocycles. The van der Waals surface area contributed by atoms with Crippen molar-refractivity contribution in [2.75, 3.05) is 11.4 Å². The molecule has 1 fully saturated rings. The van der Waals surface area contributed by atoms with Crippen LogP contribution in [0.1, 0.15) is 23.3 Å². The number of benzene rings is 3. The van der Waals surface area contributed by atoms with Gasteiger partial charge in [-0.25, -0.2) is 8.78 Å². The van der Waals surface area contributed by atoms with Crippen LogP contribution in [-0.4, -0.2) is 28.7 Å². The van der Waals surface area contributed by atoms with E-state index in [1.54, 1.807) is 46.6 Å². The van der Waals surface area contributed by atoms with E-state index >= 15 is 0 Å². The first-order valence-corrected chi connectivity index (χ1v) is 9.58. The third-order valence-corrected chi connectivity index (χ3v) is 5.35. The highest BCUT2D eigenvalue weighted by Gasteiger charge is 2.52. The summed E-state index contributed by atoms with van der Waals surface area (Å²) in [6.07, 6.45) is -0.862. The lowest BCUT2D eigenvalue weighted by Gasteiger charge is -2.45. The van der Waals surface area contributed by atoms with Crippen molar-refractivity contribution in [1.29, 1.82) is 0 Å². The topological polar surface area (TPSA) is 77.4 Å². The van der Waals surface area contributed by atoms with E-state index in [4.69, 9.17) is 0 Å². The molecule has 1 amide bonds. The molecule has 0 unspecified atom stereocenters. The quantitative estimate of drug-likeness (QED) is 0.546. The maximum atomic E-state index is 13.3. The maximum Gasteiger partial charge on any atom is 0.288 e. The van der Waals surface area contributed by atoms with E-state index < -0.39 is 18.0 Å². The minimum atomic E-state index is -0.862. The van der Waals surface area contributed by atoms with E-state index in [1.165, 1.54) is 36.4 Å². The Labute approximate surface area is 172 Å². The Balaban J connectivity index is 1.55. The summed E-state index contributed by atoms with van der Waals surface area (Å²) in [5.74, 6) is -0.819. The van der Waals surface area contributed by atoms with Gasteiger partial charge in [0.1, 0.15) is 36.1 Å². The smallest absolute Gasteiger partial charge is 0.288 e. The minimum absolute atomic E-state index is 0.116. The molecule has 0 spiro atoms. The SMILES string of the molecule is O=C1[C@H]([NH2+]C[C@@H](O)c2ccc(F)cc2)[C@@H](c2ccc(O)cc2)N1c1ccc(F)cc1. The van der Waals surface area contributed by atoms with Gasteiger partial charge in [0.05, 0.1) is 0 Å². The molecular formula is C23H21F2N2O3+. The van der Waals surface area contributed by atoms with Crippen LogP contribution in [-0.2, 0) is 4.79 Å². The van der Waals surface area contributed by atoms with Crippen molar-refractivity contribution in [2.24, 2.45) is 0 Å². The van der Waals surface area contributed by atoms with Crippen LogP contribution in [0.25, 0.3) is 0 Å². The highest BCUT2D eigenvalue weighted by Crippen LogP contribution is 2.38. The molecule has 0 radical (unpaired) electrons. The molecule has 0 saturated carbocycles. The number of hydrogen-bond donors (Lipinski definition) is 3. The molecule has 1 aliphatic rings. The highest BCUT2D eigenvalue weighted by molar-refractivity contribution is 6.04. The minimum Gasteiger partial charge on any atom is -0.508 e. The number of quaternary nitrogens is 1. The molecule has 1 aliphatic heterocycles. The Kier molecular flexibility index (Phi) is 5.48. The number of nitrogens with two attached hydrogens (primary N) is 1. The van der Waals surface area contributed by atoms with Gasteiger partial charge in [0.15, 0.2) is 6.04 Å². The van der Waals surface area contributed by atoms with E-state index in [0.717, 1.165) is 5.56 Å². The molecule has 0 aliphatic carbocycles. The molecule has 154 valence electrons. The molecule has 3 atom stereocenters. The molecule has 3 aromatic carbocycles. The molecule has 5 nitrogen and oxygen atoms in total. The number of rotatable bonds is 6. The number of carbonyl (C=O) groups excluding carboxylic acids is 1. The monoisotopic (exact) mass is 411 g/mol. The van der Waals surface area contributed by atoms with Crippen LogP contribution in [0.5, 0.6) is 5.75 Å². The Morgan fingerprint density at radius 3 is 2.07 bits per heavy atom. The van der Waals surface area contributed by atoms with E-state index in [9.17, 15) is 23.8 Å². The number of hydrogen-bond acceptors (Lipinski definition) is 3. The van der Waals surface area contributed by atoms with Crippen molar-refractivity contribution in [3.05, 3.63) is 95.6 Å². The third-order valence-electron chi connectivity index (χ3n) is 5.35. The van der Waals surface area contributed by atoms with Gasteiger partial charge in [-0.2, -0.15) is 0 Å². The van der Waals surface area contributed by atoms with Crippen LogP contribution in [0.3, 0.4) is 0 Å². The molecule has 7 heteroatoms. The van der Waals surface area contributed by atoms with E-state index in [-0.39, 0.29) is 30.1 Å². The summed E-state index contributed by atoms with van der Waals surface area (Å²) in [4.78, 5) is 14.5. The highest BCUT2D eigenvalue weighted by atomic mass is 19.1. The fourth-order valence-corrected chi connectivity index (χ4v) is 3.75. The van der Waals surface area contributed by atoms with Gasteiger partial charge in [-0.15, -0.1) is 0 Å². The number of phenols is 1. The summed E-state index contributed by atoms with van der Waals surface area (Å²) in [6.45, 7) is 0.216. The van der Waals surface area contributed by atoms with Crippen LogP contribution in [0.2, 0.25) is 0 Å². The Hall–Kier alpha value is -3.29. The lowest BCUT2D eigenvalue weighted by atomic mass is 9.87. The van der Waals surface area contributed by atoms with Crippen LogP contribution in [0.4, 0.5) is 14.5 Å². The summed E-state index contributed by atoms with van der Waals surface area (Å²) in [5, 5.41) is 21.8. The number of aliphatic hydroxyl groups excluding tert-OH is 1. The largest absolute Gasteiger partial charge is 0.508 e. The molecule has 0 bridgehead atoms. The maximum absolute atomic E-state index is 13.3. The van der Waals surface area contributed by atoms with E-state index in [2.05, 4.69) is 0 Å². The van der Waals surface area contributed by atoms with E-state index in [0.29, 0.717) is 11.3 Å². The number of phenolic OH excluding ortho intramolecular Hbond substituents is 1. The molecule has 3 aromatic rings. The zero-order valence-corrected chi connectivity index (χ0v) is 16.0. The van der Waals surface area contributed by atoms with Gasteiger partial charge in [-0.3, -0.25) is 9.69 Å². The second-order valence-electron chi connectivity index (χ2n) is 7.29. The van der Waals surface area contributed by atoms with Crippen molar-refractivity contribution in [2.45, 2.75) is 18.2 Å². The lowest BCUT2D eigenvalue weighted by Crippen LogP contribution is -2.99. The number of amides is 1. The summed E-state index contributed by atoms with van der Waals surface area (Å²) in [5.41, 5.74) is 1.95.